The normalized spacial score (nSPS) is 17.6. The first-order valence-corrected chi connectivity index (χ1v) is 7.44. The number of ether oxygens (including phenoxy) is 1. The van der Waals surface area contributed by atoms with Crippen LogP contribution in [-0.2, 0) is 4.74 Å². The van der Waals surface area contributed by atoms with Gasteiger partial charge in [-0.15, -0.1) is 0 Å². The molecule has 20 heavy (non-hydrogen) atoms. The van der Waals surface area contributed by atoms with Crippen molar-refractivity contribution < 1.29 is 9.53 Å². The maximum absolute atomic E-state index is 11.9. The van der Waals surface area contributed by atoms with E-state index in [1.165, 1.54) is 32.1 Å². The highest BCUT2D eigenvalue weighted by molar-refractivity contribution is 5.89. The van der Waals surface area contributed by atoms with Crippen molar-refractivity contribution in [2.45, 2.75) is 51.1 Å². The molecule has 0 bridgehead atoms. The zero-order chi connectivity index (χ0) is 14.4. The predicted molar refractivity (Wildman–Crippen MR) is 80.6 cm³/mol. The number of hydrogen-bond acceptors (Lipinski definition) is 4. The first-order chi connectivity index (χ1) is 9.65. The average molecular weight is 276 g/mol. The molecular formula is C16H24N2O2. The average Bonchev–Trinajstić information content (AvgIpc) is 2.46. The molecule has 1 aliphatic carbocycles. The fourth-order valence-corrected chi connectivity index (χ4v) is 2.62. The largest absolute Gasteiger partial charge is 0.460 e. The topological polar surface area (TPSA) is 64.3 Å². The molecule has 1 aromatic rings. The van der Waals surface area contributed by atoms with Crippen LogP contribution in [0.4, 0.5) is 5.69 Å². The van der Waals surface area contributed by atoms with E-state index in [4.69, 9.17) is 10.5 Å². The molecule has 1 saturated carbocycles. The second kappa shape index (κ2) is 7.29. The minimum atomic E-state index is -0.290. The number of rotatable bonds is 5. The molecule has 110 valence electrons. The van der Waals surface area contributed by atoms with Gasteiger partial charge in [0, 0.05) is 17.8 Å². The smallest absolute Gasteiger partial charge is 0.338 e. The van der Waals surface area contributed by atoms with Gasteiger partial charge in [-0.3, -0.25) is 0 Å². The van der Waals surface area contributed by atoms with Crippen LogP contribution in [0.1, 0.15) is 49.4 Å². The monoisotopic (exact) mass is 276 g/mol. The highest BCUT2D eigenvalue weighted by Crippen LogP contribution is 2.17. The maximum Gasteiger partial charge on any atom is 0.338 e. The molecule has 1 fully saturated rings. The molecule has 0 spiro atoms. The van der Waals surface area contributed by atoms with Gasteiger partial charge >= 0.3 is 5.97 Å². The number of carbonyl (C=O) groups is 1. The first kappa shape index (κ1) is 14.9. The lowest BCUT2D eigenvalue weighted by molar-refractivity contribution is 0.0464. The van der Waals surface area contributed by atoms with Crippen LogP contribution in [0.3, 0.4) is 0 Å². The maximum atomic E-state index is 11.9. The first-order valence-electron chi connectivity index (χ1n) is 7.44. The van der Waals surface area contributed by atoms with Crippen LogP contribution in [-0.4, -0.2) is 24.7 Å². The highest BCUT2D eigenvalue weighted by Gasteiger charge is 2.16. The molecule has 0 amide bonds. The molecule has 0 heterocycles. The van der Waals surface area contributed by atoms with Crippen LogP contribution < -0.4 is 11.1 Å². The van der Waals surface area contributed by atoms with E-state index in [2.05, 4.69) is 12.2 Å². The lowest BCUT2D eigenvalue weighted by Crippen LogP contribution is -2.40. The zero-order valence-electron chi connectivity index (χ0n) is 12.1. The third-order valence-corrected chi connectivity index (χ3v) is 3.74. The Kier molecular flexibility index (Phi) is 5.41. The number of nitrogens with two attached hydrogens (primary N) is 1. The summed E-state index contributed by atoms with van der Waals surface area (Å²) in [6.45, 7) is 2.46. The summed E-state index contributed by atoms with van der Waals surface area (Å²) in [5.74, 6) is -0.290. The number of hydrogen-bond donors (Lipinski definition) is 2. The summed E-state index contributed by atoms with van der Waals surface area (Å²) < 4.78 is 5.33. The molecule has 4 heteroatoms. The SMILES string of the molecule is C[C@H](COC(=O)c1ccc(N)cc1)NC1CCCCC1. The summed E-state index contributed by atoms with van der Waals surface area (Å²) in [6, 6.07) is 7.57. The van der Waals surface area contributed by atoms with Crippen LogP contribution in [0, 0.1) is 0 Å². The number of carbonyl (C=O) groups excluding carboxylic acids is 1. The molecule has 4 nitrogen and oxygen atoms in total. The highest BCUT2D eigenvalue weighted by atomic mass is 16.5. The Bertz CT molecular complexity index is 425. The van der Waals surface area contributed by atoms with Crippen LogP contribution in [0.2, 0.25) is 0 Å². The number of benzene rings is 1. The van der Waals surface area contributed by atoms with E-state index in [1.807, 2.05) is 0 Å². The van der Waals surface area contributed by atoms with E-state index < -0.39 is 0 Å². The molecule has 1 aliphatic rings. The second-order valence-electron chi connectivity index (χ2n) is 5.62. The second-order valence-corrected chi connectivity index (χ2v) is 5.62. The molecule has 2 rings (SSSR count). The Balaban J connectivity index is 1.73. The quantitative estimate of drug-likeness (QED) is 0.641. The van der Waals surface area contributed by atoms with Crippen LogP contribution in [0.25, 0.3) is 0 Å². The molecule has 0 radical (unpaired) electrons. The Morgan fingerprint density at radius 2 is 1.95 bits per heavy atom. The van der Waals surface area contributed by atoms with Gasteiger partial charge in [-0.2, -0.15) is 0 Å². The van der Waals surface area contributed by atoms with Crippen molar-refractivity contribution in [1.29, 1.82) is 0 Å². The van der Waals surface area contributed by atoms with Gasteiger partial charge in [-0.1, -0.05) is 19.3 Å². The van der Waals surface area contributed by atoms with Gasteiger partial charge in [-0.25, -0.2) is 4.79 Å². The summed E-state index contributed by atoms with van der Waals surface area (Å²) in [5.41, 5.74) is 6.78. The van der Waals surface area contributed by atoms with E-state index >= 15 is 0 Å². The Labute approximate surface area is 120 Å². The Morgan fingerprint density at radius 1 is 1.30 bits per heavy atom. The minimum Gasteiger partial charge on any atom is -0.460 e. The summed E-state index contributed by atoms with van der Waals surface area (Å²) in [6.07, 6.45) is 6.41. The predicted octanol–water partition coefficient (Wildman–Crippen LogP) is 2.74. The molecule has 0 aromatic heterocycles. The van der Waals surface area contributed by atoms with Crippen molar-refractivity contribution in [3.05, 3.63) is 29.8 Å². The van der Waals surface area contributed by atoms with Crippen molar-refractivity contribution in [3.63, 3.8) is 0 Å². The number of esters is 1. The summed E-state index contributed by atoms with van der Waals surface area (Å²) in [4.78, 5) is 11.9. The van der Waals surface area contributed by atoms with Gasteiger partial charge in [0.15, 0.2) is 0 Å². The zero-order valence-corrected chi connectivity index (χ0v) is 12.1. The molecule has 3 N–H and O–H groups in total. The fraction of sp³-hybridized carbons (Fsp3) is 0.562. The van der Waals surface area contributed by atoms with Crippen molar-refractivity contribution in [1.82, 2.24) is 5.32 Å². The van der Waals surface area contributed by atoms with E-state index in [0.717, 1.165) is 0 Å². The Morgan fingerprint density at radius 3 is 2.60 bits per heavy atom. The number of nitrogens with one attached hydrogen (secondary N) is 1. The third kappa shape index (κ3) is 4.53. The number of nitrogen functional groups attached to an aromatic ring is 1. The fourth-order valence-electron chi connectivity index (χ4n) is 2.62. The lowest BCUT2D eigenvalue weighted by Gasteiger charge is -2.26. The Hall–Kier alpha value is -1.55. The minimum absolute atomic E-state index is 0.191. The van der Waals surface area contributed by atoms with Gasteiger partial charge in [0.2, 0.25) is 0 Å². The van der Waals surface area contributed by atoms with Crippen LogP contribution in [0.5, 0.6) is 0 Å². The van der Waals surface area contributed by atoms with Gasteiger partial charge in [0.25, 0.3) is 0 Å². The van der Waals surface area contributed by atoms with Crippen molar-refractivity contribution in [3.8, 4) is 0 Å². The van der Waals surface area contributed by atoms with E-state index in [9.17, 15) is 4.79 Å². The van der Waals surface area contributed by atoms with Gasteiger partial charge < -0.3 is 15.8 Å². The molecule has 1 atom stereocenters. The van der Waals surface area contributed by atoms with Crippen molar-refractivity contribution >= 4 is 11.7 Å². The van der Waals surface area contributed by atoms with Crippen LogP contribution in [0.15, 0.2) is 24.3 Å². The third-order valence-electron chi connectivity index (χ3n) is 3.74. The summed E-state index contributed by atoms with van der Waals surface area (Å²) in [5, 5.41) is 3.54. The molecular weight excluding hydrogens is 252 g/mol. The standard InChI is InChI=1S/C16H24N2O2/c1-12(18-15-5-3-2-4-6-15)11-20-16(19)13-7-9-14(17)10-8-13/h7-10,12,15,18H,2-6,11,17H2,1H3/t12-/m1/s1. The van der Waals surface area contributed by atoms with E-state index in [-0.39, 0.29) is 12.0 Å². The summed E-state index contributed by atoms with van der Waals surface area (Å²) in [7, 11) is 0. The van der Waals surface area contributed by atoms with E-state index in [1.54, 1.807) is 24.3 Å². The van der Waals surface area contributed by atoms with Gasteiger partial charge in [0.1, 0.15) is 6.61 Å². The van der Waals surface area contributed by atoms with Gasteiger partial charge in [0.05, 0.1) is 5.56 Å². The van der Waals surface area contributed by atoms with E-state index in [0.29, 0.717) is 23.9 Å². The van der Waals surface area contributed by atoms with Crippen LogP contribution >= 0.6 is 0 Å². The number of anilines is 1. The molecule has 0 saturated heterocycles. The molecule has 0 aliphatic heterocycles. The summed E-state index contributed by atoms with van der Waals surface area (Å²) >= 11 is 0. The van der Waals surface area contributed by atoms with Crippen molar-refractivity contribution in [2.24, 2.45) is 0 Å². The van der Waals surface area contributed by atoms with Gasteiger partial charge in [-0.05, 0) is 44.0 Å². The lowest BCUT2D eigenvalue weighted by atomic mass is 9.95. The molecule has 0 unspecified atom stereocenters. The van der Waals surface area contributed by atoms with Crippen molar-refractivity contribution in [2.75, 3.05) is 12.3 Å². The molecule has 1 aromatic carbocycles.